The monoisotopic (exact) mass is 228 g/mol. The number of hydrogen-bond acceptors (Lipinski definition) is 0. The van der Waals surface area contributed by atoms with Gasteiger partial charge in [0.1, 0.15) is 0 Å². The Labute approximate surface area is 105 Å². The maximum absolute atomic E-state index is 2.45. The molecule has 0 spiro atoms. The molecule has 0 rings (SSSR count). The fraction of sp³-hybridized carbons (Fsp3) is 1.00. The van der Waals surface area contributed by atoms with Crippen LogP contribution >= 0.6 is 0 Å². The zero-order valence-electron chi connectivity index (χ0n) is 13.3. The summed E-state index contributed by atoms with van der Waals surface area (Å²) in [7, 11) is 0. The molecule has 0 aromatic heterocycles. The smallest absolute Gasteiger partial charge is 0.0386 e. The van der Waals surface area contributed by atoms with Crippen LogP contribution in [0.15, 0.2) is 0 Å². The molecule has 0 saturated carbocycles. The van der Waals surface area contributed by atoms with Gasteiger partial charge in [0.25, 0.3) is 0 Å². The molecule has 0 aliphatic rings. The fourth-order valence-electron chi connectivity index (χ4n) is 2.40. The minimum Gasteiger partial charge on any atom is -0.0683 e. The van der Waals surface area contributed by atoms with E-state index in [9.17, 15) is 0 Å². The van der Waals surface area contributed by atoms with Crippen molar-refractivity contribution in [3.63, 3.8) is 0 Å². The zero-order valence-corrected chi connectivity index (χ0v) is 13.3. The van der Waals surface area contributed by atoms with E-state index in [0.717, 1.165) is 29.6 Å². The first-order valence-electron chi connectivity index (χ1n) is 7.40. The summed E-state index contributed by atoms with van der Waals surface area (Å²) in [6.45, 7) is 20.6. The Morgan fingerprint density at radius 2 is 1.19 bits per heavy atom. The van der Waals surface area contributed by atoms with Crippen LogP contribution in [-0.2, 0) is 0 Å². The average Bonchev–Trinajstić information content (AvgIpc) is 2.26. The van der Waals surface area contributed by atoms with E-state index in [1.807, 2.05) is 13.8 Å². The first-order valence-corrected chi connectivity index (χ1v) is 7.40. The molecule has 0 fully saturated rings. The van der Waals surface area contributed by atoms with Crippen molar-refractivity contribution in [3.8, 4) is 0 Å². The van der Waals surface area contributed by atoms with Crippen molar-refractivity contribution >= 4 is 0 Å². The summed E-state index contributed by atoms with van der Waals surface area (Å²) in [4.78, 5) is 0. The van der Waals surface area contributed by atoms with Crippen LogP contribution in [0.25, 0.3) is 0 Å². The predicted octanol–water partition coefficient (Wildman–Crippen LogP) is 6.01. The first kappa shape index (κ1) is 18.4. The van der Waals surface area contributed by atoms with Gasteiger partial charge < -0.3 is 0 Å². The zero-order chi connectivity index (χ0) is 13.3. The second kappa shape index (κ2) is 10.2. The van der Waals surface area contributed by atoms with Gasteiger partial charge in [0, 0.05) is 0 Å². The van der Waals surface area contributed by atoms with E-state index >= 15 is 0 Å². The number of hydrogen-bond donors (Lipinski definition) is 0. The van der Waals surface area contributed by atoms with Gasteiger partial charge >= 0.3 is 0 Å². The summed E-state index contributed by atoms with van der Waals surface area (Å²) in [6, 6.07) is 0. The highest BCUT2D eigenvalue weighted by atomic mass is 14.3. The molecule has 0 amide bonds. The molecule has 3 atom stereocenters. The van der Waals surface area contributed by atoms with Crippen molar-refractivity contribution in [2.75, 3.05) is 0 Å². The molecule has 0 aromatic carbocycles. The molecule has 0 radical (unpaired) electrons. The first-order chi connectivity index (χ1) is 7.40. The molecular weight excluding hydrogens is 192 g/mol. The Bertz CT molecular complexity index is 135. The van der Waals surface area contributed by atoms with Gasteiger partial charge in [0.15, 0.2) is 0 Å². The minimum atomic E-state index is 0.825. The lowest BCUT2D eigenvalue weighted by Crippen LogP contribution is -2.23. The molecule has 16 heavy (non-hydrogen) atoms. The summed E-state index contributed by atoms with van der Waals surface area (Å²) in [5.74, 6) is 4.33. The molecule has 3 unspecified atom stereocenters. The molecule has 0 bridgehead atoms. The summed E-state index contributed by atoms with van der Waals surface area (Å²) >= 11 is 0. The Balaban J connectivity index is 0. The van der Waals surface area contributed by atoms with Gasteiger partial charge in [-0.05, 0) is 36.0 Å². The summed E-state index contributed by atoms with van der Waals surface area (Å²) in [5.41, 5.74) is 0. The molecule has 0 aromatic rings. The predicted molar refractivity (Wildman–Crippen MR) is 77.8 cm³/mol. The van der Waals surface area contributed by atoms with Gasteiger partial charge in [0.2, 0.25) is 0 Å². The lowest BCUT2D eigenvalue weighted by Gasteiger charge is -2.31. The number of rotatable bonds is 6. The van der Waals surface area contributed by atoms with Gasteiger partial charge in [0.05, 0.1) is 0 Å². The lowest BCUT2D eigenvalue weighted by molar-refractivity contribution is 0.183. The van der Waals surface area contributed by atoms with E-state index in [4.69, 9.17) is 0 Å². The molecule has 100 valence electrons. The van der Waals surface area contributed by atoms with E-state index in [1.165, 1.54) is 12.8 Å². The molecule has 0 saturated heterocycles. The Hall–Kier alpha value is 0. The highest BCUT2D eigenvalue weighted by Crippen LogP contribution is 2.32. The van der Waals surface area contributed by atoms with Crippen LogP contribution in [-0.4, -0.2) is 0 Å². The van der Waals surface area contributed by atoms with Crippen molar-refractivity contribution in [2.24, 2.45) is 29.6 Å². The van der Waals surface area contributed by atoms with Gasteiger partial charge in [-0.3, -0.25) is 0 Å². The molecule has 0 heterocycles. The maximum atomic E-state index is 2.45. The minimum absolute atomic E-state index is 0.825. The van der Waals surface area contributed by atoms with Crippen LogP contribution in [0.2, 0.25) is 0 Å². The third-order valence-electron chi connectivity index (χ3n) is 3.92. The topological polar surface area (TPSA) is 0 Å². The van der Waals surface area contributed by atoms with Crippen molar-refractivity contribution in [3.05, 3.63) is 0 Å². The van der Waals surface area contributed by atoms with Crippen molar-refractivity contribution in [1.29, 1.82) is 0 Å². The molecule has 0 N–H and O–H groups in total. The Morgan fingerprint density at radius 1 is 0.750 bits per heavy atom. The van der Waals surface area contributed by atoms with Crippen LogP contribution < -0.4 is 0 Å². The van der Waals surface area contributed by atoms with Gasteiger partial charge in [-0.2, -0.15) is 0 Å². The van der Waals surface area contributed by atoms with E-state index in [-0.39, 0.29) is 0 Å². The molecule has 0 aliphatic heterocycles. The normalized spacial score (nSPS) is 16.7. The molecule has 0 aliphatic carbocycles. The van der Waals surface area contributed by atoms with Gasteiger partial charge in [-0.1, -0.05) is 68.7 Å². The van der Waals surface area contributed by atoms with Crippen LogP contribution in [0.5, 0.6) is 0 Å². The van der Waals surface area contributed by atoms with Gasteiger partial charge in [-0.15, -0.1) is 0 Å². The second-order valence-corrected chi connectivity index (χ2v) is 5.76. The second-order valence-electron chi connectivity index (χ2n) is 5.76. The highest BCUT2D eigenvalue weighted by Gasteiger charge is 2.23. The van der Waals surface area contributed by atoms with Crippen LogP contribution in [0.1, 0.15) is 75.2 Å². The largest absolute Gasteiger partial charge is 0.0683 e. The van der Waals surface area contributed by atoms with Crippen LogP contribution in [0.3, 0.4) is 0 Å². The molecular formula is C16H36. The van der Waals surface area contributed by atoms with Crippen molar-refractivity contribution in [1.82, 2.24) is 0 Å². The summed E-state index contributed by atoms with van der Waals surface area (Å²) in [6.07, 6.45) is 2.74. The van der Waals surface area contributed by atoms with Gasteiger partial charge in [-0.25, -0.2) is 0 Å². The Kier molecular flexibility index (Phi) is 11.7. The van der Waals surface area contributed by atoms with E-state index in [1.54, 1.807) is 0 Å². The molecule has 0 heteroatoms. The maximum Gasteiger partial charge on any atom is -0.0386 e. The SMILES string of the molecule is CC.CCC(CC(C)C)C(C)C(C)C(C)C. The lowest BCUT2D eigenvalue weighted by atomic mass is 9.74. The molecule has 0 nitrogen and oxygen atoms in total. The fourth-order valence-corrected chi connectivity index (χ4v) is 2.40. The summed E-state index contributed by atoms with van der Waals surface area (Å²) in [5, 5.41) is 0. The quantitative estimate of drug-likeness (QED) is 0.522. The standard InChI is InChI=1S/C14H30.C2H6/c1-8-14(9-10(2)3)13(7)12(6)11(4)5;1-2/h10-14H,8-9H2,1-7H3;1-2H3. The van der Waals surface area contributed by atoms with Crippen molar-refractivity contribution in [2.45, 2.75) is 75.2 Å². The van der Waals surface area contributed by atoms with Crippen LogP contribution in [0, 0.1) is 29.6 Å². The third-order valence-corrected chi connectivity index (χ3v) is 3.92. The van der Waals surface area contributed by atoms with Crippen molar-refractivity contribution < 1.29 is 0 Å². The van der Waals surface area contributed by atoms with E-state index in [2.05, 4.69) is 48.5 Å². The van der Waals surface area contributed by atoms with E-state index in [0.29, 0.717) is 0 Å². The third kappa shape index (κ3) is 7.30. The Morgan fingerprint density at radius 3 is 1.44 bits per heavy atom. The average molecular weight is 228 g/mol. The van der Waals surface area contributed by atoms with E-state index < -0.39 is 0 Å². The van der Waals surface area contributed by atoms with Crippen LogP contribution in [0.4, 0.5) is 0 Å². The highest BCUT2D eigenvalue weighted by molar-refractivity contribution is 4.73. The summed E-state index contributed by atoms with van der Waals surface area (Å²) < 4.78 is 0.